The first kappa shape index (κ1) is 23.1. The van der Waals surface area contributed by atoms with Crippen LogP contribution in [0.25, 0.3) is 0 Å². The molecule has 0 atom stereocenters. The Morgan fingerprint density at radius 3 is 1.79 bits per heavy atom. The van der Waals surface area contributed by atoms with Crippen molar-refractivity contribution in [3.05, 3.63) is 34.3 Å². The van der Waals surface area contributed by atoms with E-state index in [0.717, 1.165) is 23.9 Å². The quantitative estimate of drug-likeness (QED) is 0.534. The highest BCUT2D eigenvalue weighted by Crippen LogP contribution is 2.11. The molecular formula is C20H34BrNO2. The van der Waals surface area contributed by atoms with E-state index < -0.39 is 5.97 Å². The van der Waals surface area contributed by atoms with Crippen molar-refractivity contribution in [1.82, 2.24) is 0 Å². The van der Waals surface area contributed by atoms with Gasteiger partial charge in [0.2, 0.25) is 0 Å². The molecule has 0 aliphatic carbocycles. The highest BCUT2D eigenvalue weighted by Gasteiger charge is 1.92. The van der Waals surface area contributed by atoms with E-state index in [9.17, 15) is 9.90 Å². The molecule has 1 aromatic rings. The molecule has 0 spiro atoms. The first-order chi connectivity index (χ1) is 11.6. The third-order valence-electron chi connectivity index (χ3n) is 3.94. The fourth-order valence-corrected chi connectivity index (χ4v) is 2.67. The number of quaternary nitrogens is 1. The summed E-state index contributed by atoms with van der Waals surface area (Å²) >= 11 is 3.35. The van der Waals surface area contributed by atoms with Crippen molar-refractivity contribution in [2.45, 2.75) is 84.1 Å². The van der Waals surface area contributed by atoms with Gasteiger partial charge < -0.3 is 15.6 Å². The summed E-state index contributed by atoms with van der Waals surface area (Å²) in [7, 11) is 0. The zero-order valence-electron chi connectivity index (χ0n) is 15.2. The molecule has 1 rings (SSSR count). The van der Waals surface area contributed by atoms with E-state index in [-0.39, 0.29) is 6.42 Å². The summed E-state index contributed by atoms with van der Waals surface area (Å²) in [4.78, 5) is 10.1. The van der Waals surface area contributed by atoms with E-state index >= 15 is 0 Å². The van der Waals surface area contributed by atoms with Crippen molar-refractivity contribution in [2.24, 2.45) is 0 Å². The molecule has 3 N–H and O–H groups in total. The second kappa shape index (κ2) is 17.0. The van der Waals surface area contributed by atoms with Gasteiger partial charge in [-0.2, -0.15) is 0 Å². The number of rotatable bonds is 12. The fourth-order valence-electron chi connectivity index (χ4n) is 2.41. The third kappa shape index (κ3) is 16.0. The van der Waals surface area contributed by atoms with Gasteiger partial charge in [-0.3, -0.25) is 0 Å². The van der Waals surface area contributed by atoms with Crippen LogP contribution in [0, 0.1) is 0 Å². The summed E-state index contributed by atoms with van der Waals surface area (Å²) in [6.45, 7) is 3.10. The van der Waals surface area contributed by atoms with Gasteiger partial charge in [-0.1, -0.05) is 92.8 Å². The van der Waals surface area contributed by atoms with Crippen molar-refractivity contribution in [3.8, 4) is 0 Å². The van der Waals surface area contributed by atoms with Crippen molar-refractivity contribution in [1.29, 1.82) is 0 Å². The van der Waals surface area contributed by atoms with Gasteiger partial charge in [-0.05, 0) is 25.0 Å². The van der Waals surface area contributed by atoms with Gasteiger partial charge in [0, 0.05) is 16.0 Å². The van der Waals surface area contributed by atoms with E-state index in [2.05, 4.69) is 40.7 Å². The van der Waals surface area contributed by atoms with Crippen LogP contribution in [0.15, 0.2) is 28.7 Å². The molecule has 0 saturated carbocycles. The van der Waals surface area contributed by atoms with Crippen LogP contribution in [-0.4, -0.2) is 5.97 Å². The molecule has 0 unspecified atom stereocenters. The minimum atomic E-state index is -0.908. The number of hydrogen-bond acceptors (Lipinski definition) is 2. The van der Waals surface area contributed by atoms with Crippen LogP contribution in [0.3, 0.4) is 0 Å². The molecular weight excluding hydrogens is 366 g/mol. The van der Waals surface area contributed by atoms with Crippen LogP contribution in [0.4, 0.5) is 0 Å². The lowest BCUT2D eigenvalue weighted by molar-refractivity contribution is -0.386. The van der Waals surface area contributed by atoms with E-state index in [1.54, 1.807) is 0 Å². The van der Waals surface area contributed by atoms with Crippen molar-refractivity contribution in [3.63, 3.8) is 0 Å². The van der Waals surface area contributed by atoms with Crippen LogP contribution in [0.5, 0.6) is 0 Å². The molecule has 1 aromatic carbocycles. The summed E-state index contributed by atoms with van der Waals surface area (Å²) in [6.07, 6.45) is 12.6. The molecule has 3 nitrogen and oxygen atoms in total. The molecule has 4 heteroatoms. The van der Waals surface area contributed by atoms with E-state index in [1.165, 1.54) is 56.9 Å². The van der Waals surface area contributed by atoms with Crippen molar-refractivity contribution < 1.29 is 15.6 Å². The van der Waals surface area contributed by atoms with Crippen molar-refractivity contribution in [2.75, 3.05) is 0 Å². The number of carboxylic acids is 1. The van der Waals surface area contributed by atoms with E-state index in [0.29, 0.717) is 0 Å². The molecule has 138 valence electrons. The Bertz CT molecular complexity index is 407. The Morgan fingerprint density at radius 1 is 0.917 bits per heavy atom. The van der Waals surface area contributed by atoms with Crippen LogP contribution in [0.2, 0.25) is 0 Å². The lowest BCUT2D eigenvalue weighted by Gasteiger charge is -2.02. The minimum absolute atomic E-state index is 0.233. The highest BCUT2D eigenvalue weighted by atomic mass is 79.9. The zero-order chi connectivity index (χ0) is 18.0. The van der Waals surface area contributed by atoms with Gasteiger partial charge in [0.25, 0.3) is 0 Å². The number of halogens is 1. The molecule has 0 fully saturated rings. The number of aliphatic carboxylic acids is 1. The number of carbonyl (C=O) groups is 1. The van der Waals surface area contributed by atoms with Gasteiger partial charge in [0.1, 0.15) is 0 Å². The molecule has 0 bridgehead atoms. The lowest BCUT2D eigenvalue weighted by atomic mass is 10.1. The maximum Gasteiger partial charge on any atom is 0.0997 e. The number of carbonyl (C=O) groups excluding carboxylic acids is 1. The Balaban J connectivity index is 0.000000496. The third-order valence-corrected chi connectivity index (χ3v) is 4.47. The van der Waals surface area contributed by atoms with Gasteiger partial charge in [0.05, 0.1) is 6.54 Å². The van der Waals surface area contributed by atoms with Crippen molar-refractivity contribution >= 4 is 21.9 Å². The summed E-state index contributed by atoms with van der Waals surface area (Å²) in [5.41, 5.74) is 5.05. The monoisotopic (exact) mass is 399 g/mol. The highest BCUT2D eigenvalue weighted by molar-refractivity contribution is 9.10. The molecule has 0 aliphatic heterocycles. The smallest absolute Gasteiger partial charge is 0.0997 e. The average Bonchev–Trinajstić information content (AvgIpc) is 2.57. The second-order valence-corrected chi connectivity index (χ2v) is 7.10. The molecule has 0 amide bonds. The SMILES string of the molecule is CCCCCCCCCCCCC(=O)[O-].[NH3+]Cc1ccc(Br)cc1. The normalized spacial score (nSPS) is 10.1. The van der Waals surface area contributed by atoms with E-state index in [1.807, 2.05) is 12.1 Å². The van der Waals surface area contributed by atoms with Crippen LogP contribution >= 0.6 is 15.9 Å². The van der Waals surface area contributed by atoms with Gasteiger partial charge >= 0.3 is 0 Å². The van der Waals surface area contributed by atoms with Gasteiger partial charge in [-0.25, -0.2) is 0 Å². The molecule has 0 radical (unpaired) electrons. The number of carboxylic acid groups (broad SMARTS) is 1. The van der Waals surface area contributed by atoms with Crippen LogP contribution < -0.4 is 10.8 Å². The second-order valence-electron chi connectivity index (χ2n) is 6.18. The van der Waals surface area contributed by atoms with Gasteiger partial charge in [-0.15, -0.1) is 0 Å². The maximum atomic E-state index is 10.1. The lowest BCUT2D eigenvalue weighted by Crippen LogP contribution is -2.47. The summed E-state index contributed by atoms with van der Waals surface area (Å²) < 4.78 is 1.12. The predicted molar refractivity (Wildman–Crippen MR) is 102 cm³/mol. The molecule has 0 heterocycles. The Kier molecular flexibility index (Phi) is 16.4. The Hall–Kier alpha value is -0.870. The standard InChI is InChI=1S/C13H26O2.C7H8BrN/c1-2-3-4-5-6-7-8-9-10-11-12-13(14)15;8-7-3-1-6(5-9)2-4-7/h2-12H2,1H3,(H,14,15);1-4H,5,9H2. The molecule has 24 heavy (non-hydrogen) atoms. The fraction of sp³-hybridized carbons (Fsp3) is 0.650. The maximum absolute atomic E-state index is 10.1. The topological polar surface area (TPSA) is 67.8 Å². The summed E-state index contributed by atoms with van der Waals surface area (Å²) in [5, 5.41) is 10.1. The first-order valence-corrected chi connectivity index (χ1v) is 10.1. The van der Waals surface area contributed by atoms with E-state index in [4.69, 9.17) is 0 Å². The number of benzene rings is 1. The van der Waals surface area contributed by atoms with Crippen LogP contribution in [-0.2, 0) is 11.3 Å². The Morgan fingerprint density at radius 2 is 1.38 bits per heavy atom. The Labute approximate surface area is 156 Å². The summed E-state index contributed by atoms with van der Waals surface area (Å²) in [6, 6.07) is 8.19. The number of unbranched alkanes of at least 4 members (excludes halogenated alkanes) is 9. The minimum Gasteiger partial charge on any atom is -0.550 e. The molecule has 0 aromatic heterocycles. The molecule has 0 saturated heterocycles. The predicted octanol–water partition coefficient (Wildman–Crippen LogP) is 4.24. The van der Waals surface area contributed by atoms with Crippen LogP contribution in [0.1, 0.15) is 83.1 Å². The largest absolute Gasteiger partial charge is 0.550 e. The molecule has 0 aliphatic rings. The summed E-state index contributed by atoms with van der Waals surface area (Å²) in [5.74, 6) is -0.908. The average molecular weight is 400 g/mol. The first-order valence-electron chi connectivity index (χ1n) is 9.33. The zero-order valence-corrected chi connectivity index (χ0v) is 16.8. The van der Waals surface area contributed by atoms with Gasteiger partial charge in [0.15, 0.2) is 0 Å². The number of hydrogen-bond donors (Lipinski definition) is 1.